The fourth-order valence-corrected chi connectivity index (χ4v) is 1.07. The first kappa shape index (κ1) is 8.27. The number of hydrogen-bond acceptors (Lipinski definition) is 2. The third-order valence-corrected chi connectivity index (χ3v) is 2.01. The summed E-state index contributed by atoms with van der Waals surface area (Å²) in [5, 5.41) is 12.0. The second-order valence-corrected chi connectivity index (χ2v) is 2.88. The minimum absolute atomic E-state index is 0.261. The minimum atomic E-state index is -1.07. The van der Waals surface area contributed by atoms with Crippen molar-refractivity contribution in [1.82, 2.24) is 5.32 Å². The molecule has 1 aliphatic rings. The maximum Gasteiger partial charge on any atom is 0.252 e. The summed E-state index contributed by atoms with van der Waals surface area (Å²) in [7, 11) is 0. The van der Waals surface area contributed by atoms with Crippen molar-refractivity contribution in [2.45, 2.75) is 24.9 Å². The Morgan fingerprint density at radius 3 is 2.73 bits per heavy atom. The lowest BCUT2D eigenvalue weighted by Gasteiger charge is -2.34. The van der Waals surface area contributed by atoms with E-state index in [1.807, 2.05) is 0 Å². The third-order valence-electron chi connectivity index (χ3n) is 2.01. The van der Waals surface area contributed by atoms with Crippen molar-refractivity contribution in [3.63, 3.8) is 0 Å². The maximum absolute atomic E-state index is 11.1. The van der Waals surface area contributed by atoms with Crippen LogP contribution in [0, 0.1) is 0 Å². The van der Waals surface area contributed by atoms with E-state index in [2.05, 4.69) is 11.9 Å². The van der Waals surface area contributed by atoms with Crippen LogP contribution in [0.1, 0.15) is 19.3 Å². The molecule has 3 nitrogen and oxygen atoms in total. The Morgan fingerprint density at radius 1 is 1.73 bits per heavy atom. The monoisotopic (exact) mass is 155 g/mol. The van der Waals surface area contributed by atoms with E-state index in [0.717, 1.165) is 6.42 Å². The predicted octanol–water partition coefficient (Wildman–Crippen LogP) is 0.204. The second kappa shape index (κ2) is 3.05. The lowest BCUT2D eigenvalue weighted by molar-refractivity contribution is -0.148. The first-order chi connectivity index (χ1) is 5.19. The van der Waals surface area contributed by atoms with E-state index < -0.39 is 5.60 Å². The van der Waals surface area contributed by atoms with E-state index in [1.54, 1.807) is 6.08 Å². The molecule has 0 aromatic heterocycles. The molecule has 1 fully saturated rings. The summed E-state index contributed by atoms with van der Waals surface area (Å²) >= 11 is 0. The number of amides is 1. The number of rotatable bonds is 3. The van der Waals surface area contributed by atoms with Crippen LogP contribution in [0.2, 0.25) is 0 Å². The smallest absolute Gasteiger partial charge is 0.252 e. The first-order valence-corrected chi connectivity index (χ1v) is 3.80. The molecule has 2 N–H and O–H groups in total. The van der Waals surface area contributed by atoms with Gasteiger partial charge in [0.15, 0.2) is 0 Å². The minimum Gasteiger partial charge on any atom is -0.380 e. The van der Waals surface area contributed by atoms with Crippen LogP contribution in [0.25, 0.3) is 0 Å². The van der Waals surface area contributed by atoms with E-state index in [4.69, 9.17) is 0 Å². The third kappa shape index (κ3) is 1.60. The van der Waals surface area contributed by atoms with Gasteiger partial charge in [0.25, 0.3) is 5.91 Å². The van der Waals surface area contributed by atoms with Gasteiger partial charge in [-0.05, 0) is 19.3 Å². The highest BCUT2D eigenvalue weighted by atomic mass is 16.3. The van der Waals surface area contributed by atoms with Gasteiger partial charge >= 0.3 is 0 Å². The van der Waals surface area contributed by atoms with Crippen LogP contribution in [0.15, 0.2) is 12.7 Å². The van der Waals surface area contributed by atoms with Crippen molar-refractivity contribution >= 4 is 5.91 Å². The summed E-state index contributed by atoms with van der Waals surface area (Å²) in [5.41, 5.74) is -1.07. The molecule has 3 heteroatoms. The quantitative estimate of drug-likeness (QED) is 0.572. The van der Waals surface area contributed by atoms with E-state index in [-0.39, 0.29) is 5.91 Å². The van der Waals surface area contributed by atoms with Crippen molar-refractivity contribution in [2.24, 2.45) is 0 Å². The zero-order chi connectivity index (χ0) is 8.32. The average Bonchev–Trinajstić information content (AvgIpc) is 1.95. The van der Waals surface area contributed by atoms with Gasteiger partial charge in [0, 0.05) is 6.54 Å². The molecule has 0 saturated heterocycles. The zero-order valence-electron chi connectivity index (χ0n) is 6.47. The van der Waals surface area contributed by atoms with Crippen LogP contribution >= 0.6 is 0 Å². The standard InChI is InChI=1S/C8H13NO2/c1-2-6-9-7(10)8(11)4-3-5-8/h2,11H,1,3-6H2,(H,9,10). The molecule has 0 unspecified atom stereocenters. The highest BCUT2D eigenvalue weighted by Crippen LogP contribution is 2.31. The summed E-state index contributed by atoms with van der Waals surface area (Å²) in [6, 6.07) is 0. The molecule has 11 heavy (non-hydrogen) atoms. The molecular weight excluding hydrogens is 142 g/mol. The Balaban J connectivity index is 2.34. The van der Waals surface area contributed by atoms with Gasteiger partial charge in [0.1, 0.15) is 5.60 Å². The molecule has 62 valence electrons. The lowest BCUT2D eigenvalue weighted by atomic mass is 9.79. The topological polar surface area (TPSA) is 49.3 Å². The van der Waals surface area contributed by atoms with Crippen LogP contribution in [0.4, 0.5) is 0 Å². The van der Waals surface area contributed by atoms with E-state index in [0.29, 0.717) is 19.4 Å². The predicted molar refractivity (Wildman–Crippen MR) is 42.0 cm³/mol. The van der Waals surface area contributed by atoms with Gasteiger partial charge in [-0.3, -0.25) is 4.79 Å². The van der Waals surface area contributed by atoms with Gasteiger partial charge in [-0.2, -0.15) is 0 Å². The van der Waals surface area contributed by atoms with E-state index >= 15 is 0 Å². The molecule has 0 bridgehead atoms. The molecule has 0 radical (unpaired) electrons. The molecule has 0 aromatic rings. The maximum atomic E-state index is 11.1. The number of aliphatic hydroxyl groups is 1. The number of nitrogens with one attached hydrogen (secondary N) is 1. The summed E-state index contributed by atoms with van der Waals surface area (Å²) in [5.74, 6) is -0.261. The molecule has 1 aliphatic carbocycles. The average molecular weight is 155 g/mol. The van der Waals surface area contributed by atoms with Crippen LogP contribution < -0.4 is 5.32 Å². The molecular formula is C8H13NO2. The van der Waals surface area contributed by atoms with Gasteiger partial charge in [-0.1, -0.05) is 6.08 Å². The Kier molecular flexibility index (Phi) is 2.29. The molecule has 0 aromatic carbocycles. The van der Waals surface area contributed by atoms with Crippen LogP contribution in [0.3, 0.4) is 0 Å². The van der Waals surface area contributed by atoms with E-state index in [1.165, 1.54) is 0 Å². The van der Waals surface area contributed by atoms with Crippen LogP contribution in [-0.2, 0) is 4.79 Å². The largest absolute Gasteiger partial charge is 0.380 e. The molecule has 0 atom stereocenters. The molecule has 0 aliphatic heterocycles. The summed E-state index contributed by atoms with van der Waals surface area (Å²) in [4.78, 5) is 11.1. The van der Waals surface area contributed by atoms with Crippen molar-refractivity contribution in [3.05, 3.63) is 12.7 Å². The second-order valence-electron chi connectivity index (χ2n) is 2.88. The number of hydrogen-bond donors (Lipinski definition) is 2. The fourth-order valence-electron chi connectivity index (χ4n) is 1.07. The van der Waals surface area contributed by atoms with Gasteiger partial charge in [-0.25, -0.2) is 0 Å². The zero-order valence-corrected chi connectivity index (χ0v) is 6.47. The van der Waals surface area contributed by atoms with Gasteiger partial charge in [0.2, 0.25) is 0 Å². The van der Waals surface area contributed by atoms with Crippen LogP contribution in [-0.4, -0.2) is 23.2 Å². The Hall–Kier alpha value is -0.830. The Morgan fingerprint density at radius 2 is 2.36 bits per heavy atom. The summed E-state index contributed by atoms with van der Waals surface area (Å²) < 4.78 is 0. The van der Waals surface area contributed by atoms with Crippen molar-refractivity contribution in [1.29, 1.82) is 0 Å². The first-order valence-electron chi connectivity index (χ1n) is 3.80. The van der Waals surface area contributed by atoms with Crippen LogP contribution in [0.5, 0.6) is 0 Å². The number of carbonyl (C=O) groups excluding carboxylic acids is 1. The van der Waals surface area contributed by atoms with Gasteiger partial charge in [0.05, 0.1) is 0 Å². The number of carbonyl (C=O) groups is 1. The van der Waals surface area contributed by atoms with Crippen molar-refractivity contribution in [3.8, 4) is 0 Å². The molecule has 1 rings (SSSR count). The molecule has 1 saturated carbocycles. The van der Waals surface area contributed by atoms with Crippen molar-refractivity contribution < 1.29 is 9.90 Å². The Labute approximate surface area is 66.1 Å². The SMILES string of the molecule is C=CCNC(=O)C1(O)CCC1. The summed E-state index contributed by atoms with van der Waals surface area (Å²) in [6.45, 7) is 3.89. The van der Waals surface area contributed by atoms with Gasteiger partial charge in [-0.15, -0.1) is 6.58 Å². The highest BCUT2D eigenvalue weighted by Gasteiger charge is 2.41. The highest BCUT2D eigenvalue weighted by molar-refractivity contribution is 5.85. The molecule has 0 heterocycles. The lowest BCUT2D eigenvalue weighted by Crippen LogP contribution is -2.51. The van der Waals surface area contributed by atoms with Crippen molar-refractivity contribution in [2.75, 3.05) is 6.54 Å². The van der Waals surface area contributed by atoms with Gasteiger partial charge < -0.3 is 10.4 Å². The Bertz CT molecular complexity index is 173. The molecule has 0 spiro atoms. The summed E-state index contributed by atoms with van der Waals surface area (Å²) in [6.07, 6.45) is 3.73. The molecule has 1 amide bonds. The fraction of sp³-hybridized carbons (Fsp3) is 0.625. The van der Waals surface area contributed by atoms with E-state index in [9.17, 15) is 9.90 Å². The normalized spacial score (nSPS) is 20.1.